The van der Waals surface area contributed by atoms with Gasteiger partial charge in [0.25, 0.3) is 0 Å². The summed E-state index contributed by atoms with van der Waals surface area (Å²) < 4.78 is 14.3. The molecule has 1 amide bonds. The minimum Gasteiger partial charge on any atom is -0.356 e. The predicted molar refractivity (Wildman–Crippen MR) is 63.5 cm³/mol. The lowest BCUT2D eigenvalue weighted by Crippen LogP contribution is -2.37. The summed E-state index contributed by atoms with van der Waals surface area (Å²) in [5.74, 6) is -0.273. The fourth-order valence-electron chi connectivity index (χ4n) is 2.00. The van der Waals surface area contributed by atoms with Gasteiger partial charge in [0.2, 0.25) is 5.91 Å². The lowest BCUT2D eigenvalue weighted by molar-refractivity contribution is -0.126. The Morgan fingerprint density at radius 3 is 3.06 bits per heavy atom. The van der Waals surface area contributed by atoms with E-state index in [9.17, 15) is 9.18 Å². The van der Waals surface area contributed by atoms with Gasteiger partial charge < -0.3 is 5.32 Å². The Morgan fingerprint density at radius 1 is 1.50 bits per heavy atom. The SMILES string of the molecule is O=C1NCCCC1Cc1cc(Br)ccc1F. The molecule has 0 aromatic heterocycles. The van der Waals surface area contributed by atoms with Gasteiger partial charge in [-0.25, -0.2) is 4.39 Å². The third-order valence-corrected chi connectivity index (χ3v) is 3.37. The molecule has 1 saturated heterocycles. The van der Waals surface area contributed by atoms with E-state index in [1.165, 1.54) is 6.07 Å². The van der Waals surface area contributed by atoms with Crippen molar-refractivity contribution >= 4 is 21.8 Å². The smallest absolute Gasteiger partial charge is 0.223 e. The fraction of sp³-hybridized carbons (Fsp3) is 0.417. The Balaban J connectivity index is 2.13. The maximum Gasteiger partial charge on any atom is 0.223 e. The van der Waals surface area contributed by atoms with Crippen molar-refractivity contribution in [3.05, 3.63) is 34.1 Å². The van der Waals surface area contributed by atoms with Crippen LogP contribution in [0.5, 0.6) is 0 Å². The van der Waals surface area contributed by atoms with E-state index in [0.717, 1.165) is 23.9 Å². The highest BCUT2D eigenvalue weighted by molar-refractivity contribution is 9.10. The molecular weight excluding hydrogens is 273 g/mol. The second-order valence-electron chi connectivity index (χ2n) is 4.07. The van der Waals surface area contributed by atoms with Gasteiger partial charge in [0, 0.05) is 16.9 Å². The minimum atomic E-state index is -0.235. The first kappa shape index (κ1) is 11.6. The maximum absolute atomic E-state index is 13.5. The molecule has 0 aliphatic carbocycles. The Labute approximate surface area is 102 Å². The van der Waals surface area contributed by atoms with Crippen LogP contribution in [0.3, 0.4) is 0 Å². The maximum atomic E-state index is 13.5. The number of amides is 1. The first-order valence-electron chi connectivity index (χ1n) is 5.38. The van der Waals surface area contributed by atoms with Crippen LogP contribution in [0.2, 0.25) is 0 Å². The third kappa shape index (κ3) is 2.61. The van der Waals surface area contributed by atoms with Crippen molar-refractivity contribution in [2.24, 2.45) is 5.92 Å². The highest BCUT2D eigenvalue weighted by Crippen LogP contribution is 2.22. The number of benzene rings is 1. The molecule has 0 spiro atoms. The summed E-state index contributed by atoms with van der Waals surface area (Å²) in [5.41, 5.74) is 0.608. The number of nitrogens with one attached hydrogen (secondary N) is 1. The molecule has 1 fully saturated rings. The third-order valence-electron chi connectivity index (χ3n) is 2.87. The van der Waals surface area contributed by atoms with Crippen molar-refractivity contribution < 1.29 is 9.18 Å². The van der Waals surface area contributed by atoms with Crippen molar-refractivity contribution in [2.75, 3.05) is 6.54 Å². The Bertz CT molecular complexity index is 408. The molecule has 1 aromatic carbocycles. The van der Waals surface area contributed by atoms with Gasteiger partial charge in [-0.05, 0) is 43.0 Å². The number of hydrogen-bond donors (Lipinski definition) is 1. The molecule has 1 aromatic rings. The quantitative estimate of drug-likeness (QED) is 0.889. The molecule has 1 unspecified atom stereocenters. The molecule has 2 nitrogen and oxygen atoms in total. The number of piperidine rings is 1. The number of carbonyl (C=O) groups excluding carboxylic acids is 1. The number of rotatable bonds is 2. The lowest BCUT2D eigenvalue weighted by Gasteiger charge is -2.21. The van der Waals surface area contributed by atoms with Crippen molar-refractivity contribution in [2.45, 2.75) is 19.3 Å². The first-order valence-corrected chi connectivity index (χ1v) is 6.18. The Hall–Kier alpha value is -0.900. The molecule has 1 N–H and O–H groups in total. The van der Waals surface area contributed by atoms with Crippen LogP contribution in [0.4, 0.5) is 4.39 Å². The Kier molecular flexibility index (Phi) is 3.59. The molecule has 4 heteroatoms. The molecule has 0 bridgehead atoms. The summed E-state index contributed by atoms with van der Waals surface area (Å²) in [5, 5.41) is 2.81. The van der Waals surface area contributed by atoms with E-state index in [0.29, 0.717) is 12.0 Å². The van der Waals surface area contributed by atoms with E-state index < -0.39 is 0 Å². The van der Waals surface area contributed by atoms with Crippen LogP contribution in [0, 0.1) is 11.7 Å². The van der Waals surface area contributed by atoms with Crippen LogP contribution in [0.15, 0.2) is 22.7 Å². The second kappa shape index (κ2) is 4.95. The van der Waals surface area contributed by atoms with Crippen LogP contribution >= 0.6 is 15.9 Å². The van der Waals surface area contributed by atoms with Crippen LogP contribution in [-0.4, -0.2) is 12.5 Å². The van der Waals surface area contributed by atoms with Crippen molar-refractivity contribution in [1.29, 1.82) is 0 Å². The zero-order valence-electron chi connectivity index (χ0n) is 8.80. The van der Waals surface area contributed by atoms with Gasteiger partial charge in [0.1, 0.15) is 5.82 Å². The largest absolute Gasteiger partial charge is 0.356 e. The van der Waals surface area contributed by atoms with Gasteiger partial charge in [-0.2, -0.15) is 0 Å². The second-order valence-corrected chi connectivity index (χ2v) is 4.99. The average Bonchev–Trinajstić information content (AvgIpc) is 2.27. The molecule has 16 heavy (non-hydrogen) atoms. The van der Waals surface area contributed by atoms with Gasteiger partial charge in [-0.1, -0.05) is 15.9 Å². The lowest BCUT2D eigenvalue weighted by atomic mass is 9.91. The van der Waals surface area contributed by atoms with Gasteiger partial charge in [-0.3, -0.25) is 4.79 Å². The van der Waals surface area contributed by atoms with Crippen molar-refractivity contribution in [1.82, 2.24) is 5.32 Å². The fourth-order valence-corrected chi connectivity index (χ4v) is 2.40. The van der Waals surface area contributed by atoms with Crippen LogP contribution in [0.25, 0.3) is 0 Å². The summed E-state index contributed by atoms with van der Waals surface area (Å²) >= 11 is 3.31. The van der Waals surface area contributed by atoms with Crippen molar-refractivity contribution in [3.63, 3.8) is 0 Å². The summed E-state index contributed by atoms with van der Waals surface area (Å²) in [7, 11) is 0. The summed E-state index contributed by atoms with van der Waals surface area (Å²) in [6, 6.07) is 4.84. The zero-order chi connectivity index (χ0) is 11.5. The van der Waals surface area contributed by atoms with Crippen LogP contribution in [0.1, 0.15) is 18.4 Å². The van der Waals surface area contributed by atoms with Crippen LogP contribution < -0.4 is 5.32 Å². The van der Waals surface area contributed by atoms with E-state index >= 15 is 0 Å². The standard InChI is InChI=1S/C12H13BrFNO/c13-10-3-4-11(14)9(7-10)6-8-2-1-5-15-12(8)16/h3-4,7-8H,1-2,5-6H2,(H,15,16). The molecule has 1 aliphatic rings. The average molecular weight is 286 g/mol. The van der Waals surface area contributed by atoms with Crippen molar-refractivity contribution in [3.8, 4) is 0 Å². The van der Waals surface area contributed by atoms with Crippen LogP contribution in [-0.2, 0) is 11.2 Å². The first-order chi connectivity index (χ1) is 7.66. The molecule has 0 saturated carbocycles. The molecule has 86 valence electrons. The summed E-state index contributed by atoms with van der Waals surface area (Å²) in [6.45, 7) is 0.746. The highest BCUT2D eigenvalue weighted by atomic mass is 79.9. The van der Waals surface area contributed by atoms with Gasteiger partial charge in [0.15, 0.2) is 0 Å². The number of halogens is 2. The van der Waals surface area contributed by atoms with Gasteiger partial charge in [-0.15, -0.1) is 0 Å². The molecule has 0 radical (unpaired) electrons. The topological polar surface area (TPSA) is 29.1 Å². The van der Waals surface area contributed by atoms with E-state index in [1.807, 2.05) is 0 Å². The summed E-state index contributed by atoms with van der Waals surface area (Å²) in [4.78, 5) is 11.5. The van der Waals surface area contributed by atoms with Gasteiger partial charge in [0.05, 0.1) is 0 Å². The highest BCUT2D eigenvalue weighted by Gasteiger charge is 2.23. The molecule has 1 heterocycles. The molecular formula is C12H13BrFNO. The molecule has 2 rings (SSSR count). The van der Waals surface area contributed by atoms with E-state index in [4.69, 9.17) is 0 Å². The van der Waals surface area contributed by atoms with E-state index in [1.54, 1.807) is 12.1 Å². The van der Waals surface area contributed by atoms with E-state index in [-0.39, 0.29) is 17.6 Å². The zero-order valence-corrected chi connectivity index (χ0v) is 10.4. The predicted octanol–water partition coefficient (Wildman–Crippen LogP) is 2.66. The van der Waals surface area contributed by atoms with Gasteiger partial charge >= 0.3 is 0 Å². The molecule has 1 atom stereocenters. The normalized spacial score (nSPS) is 20.6. The number of carbonyl (C=O) groups is 1. The Morgan fingerprint density at radius 2 is 2.31 bits per heavy atom. The molecule has 1 aliphatic heterocycles. The minimum absolute atomic E-state index is 0.0469. The monoisotopic (exact) mass is 285 g/mol. The number of hydrogen-bond acceptors (Lipinski definition) is 1. The summed E-state index contributed by atoms with van der Waals surface area (Å²) in [6.07, 6.45) is 2.31. The van der Waals surface area contributed by atoms with E-state index in [2.05, 4.69) is 21.2 Å².